The summed E-state index contributed by atoms with van der Waals surface area (Å²) in [5.41, 5.74) is 8.50. The molecule has 0 aliphatic heterocycles. The van der Waals surface area contributed by atoms with E-state index in [0.717, 1.165) is 7.11 Å². The van der Waals surface area contributed by atoms with Crippen molar-refractivity contribution in [1.29, 1.82) is 0 Å². The Balaban J connectivity index is 2.93. The Hall–Kier alpha value is -2.26. The lowest BCUT2D eigenvalue weighted by Gasteiger charge is -1.93. The molecule has 0 radical (unpaired) electrons. The van der Waals surface area contributed by atoms with E-state index in [-0.39, 0.29) is 11.3 Å². The molecular formula is C11H9FN2O2. The number of carbonyl (C=O) groups excluding carboxylic acids is 1. The van der Waals surface area contributed by atoms with Crippen LogP contribution in [0.15, 0.2) is 30.3 Å². The Morgan fingerprint density at radius 3 is 2.75 bits per heavy atom. The molecule has 0 N–H and O–H groups in total. The van der Waals surface area contributed by atoms with Gasteiger partial charge in [-0.2, -0.15) is 4.79 Å². The van der Waals surface area contributed by atoms with Crippen LogP contribution in [-0.2, 0) is 9.53 Å². The van der Waals surface area contributed by atoms with Crippen LogP contribution in [0.3, 0.4) is 0 Å². The van der Waals surface area contributed by atoms with Gasteiger partial charge in [0.25, 0.3) is 0 Å². The monoisotopic (exact) mass is 220 g/mol. The number of nitrogens with zero attached hydrogens (tertiary/aromatic N) is 2. The predicted octanol–water partition coefficient (Wildman–Crippen LogP) is 1.68. The van der Waals surface area contributed by atoms with Gasteiger partial charge in [-0.15, -0.1) is 0 Å². The second kappa shape index (κ2) is 5.58. The Labute approximate surface area is 91.6 Å². The largest absolute Gasteiger partial charge is 0.460 e. The van der Waals surface area contributed by atoms with Gasteiger partial charge in [-0.25, -0.2) is 9.18 Å². The lowest BCUT2D eigenvalue weighted by atomic mass is 10.2. The van der Waals surface area contributed by atoms with Crippen LogP contribution in [0.2, 0.25) is 0 Å². The molecule has 1 rings (SSSR count). The molecule has 0 aromatic heterocycles. The van der Waals surface area contributed by atoms with Crippen LogP contribution < -0.4 is 0 Å². The molecule has 4 nitrogen and oxygen atoms in total. The second-order valence-electron chi connectivity index (χ2n) is 2.83. The standard InChI is InChI=1S/C11H9FN2O2/c1-16-11(15)10(14-13)7-6-8-4-2-3-5-9(8)12/h2-7H,1H3/b7-6+. The van der Waals surface area contributed by atoms with Gasteiger partial charge in [0, 0.05) is 11.6 Å². The van der Waals surface area contributed by atoms with Gasteiger partial charge in [-0.3, -0.25) is 0 Å². The minimum atomic E-state index is -0.796. The number of hydrogen-bond acceptors (Lipinski definition) is 2. The van der Waals surface area contributed by atoms with Crippen molar-refractivity contribution >= 4 is 17.8 Å². The van der Waals surface area contributed by atoms with Gasteiger partial charge in [-0.05, 0) is 12.1 Å². The van der Waals surface area contributed by atoms with Crippen molar-refractivity contribution in [3.63, 3.8) is 0 Å². The Morgan fingerprint density at radius 2 is 2.19 bits per heavy atom. The second-order valence-corrected chi connectivity index (χ2v) is 2.83. The third kappa shape index (κ3) is 2.87. The van der Waals surface area contributed by atoms with Crippen molar-refractivity contribution in [3.05, 3.63) is 47.3 Å². The zero-order chi connectivity index (χ0) is 12.0. The number of benzene rings is 1. The summed E-state index contributed by atoms with van der Waals surface area (Å²) < 4.78 is 17.5. The maximum atomic E-state index is 13.2. The average molecular weight is 220 g/mol. The lowest BCUT2D eigenvalue weighted by molar-refractivity contribution is -0.137. The SMILES string of the molecule is COC(=O)C(/C=C/c1ccccc1F)=[N+]=[N-]. The van der Waals surface area contributed by atoms with Gasteiger partial charge in [0.2, 0.25) is 0 Å². The summed E-state index contributed by atoms with van der Waals surface area (Å²) in [7, 11) is 1.16. The number of halogens is 1. The van der Waals surface area contributed by atoms with Crippen molar-refractivity contribution in [2.75, 3.05) is 7.11 Å². The molecule has 0 amide bonds. The molecule has 0 bridgehead atoms. The summed E-state index contributed by atoms with van der Waals surface area (Å²) in [5.74, 6) is -1.23. The van der Waals surface area contributed by atoms with Gasteiger partial charge in [0.1, 0.15) is 5.82 Å². The zero-order valence-electron chi connectivity index (χ0n) is 8.55. The molecule has 0 saturated heterocycles. The van der Waals surface area contributed by atoms with Crippen molar-refractivity contribution in [2.45, 2.75) is 0 Å². The summed E-state index contributed by atoms with van der Waals surface area (Å²) >= 11 is 0. The first kappa shape index (κ1) is 11.8. The van der Waals surface area contributed by atoms with Crippen molar-refractivity contribution in [1.82, 2.24) is 0 Å². The highest BCUT2D eigenvalue weighted by Crippen LogP contribution is 2.07. The number of hydrogen-bond donors (Lipinski definition) is 0. The Morgan fingerprint density at radius 1 is 1.50 bits per heavy atom. The van der Waals surface area contributed by atoms with E-state index in [1.165, 1.54) is 24.3 Å². The third-order valence-corrected chi connectivity index (χ3v) is 1.83. The van der Waals surface area contributed by atoms with E-state index in [0.29, 0.717) is 0 Å². The van der Waals surface area contributed by atoms with Gasteiger partial charge in [0.05, 0.1) is 7.11 Å². The van der Waals surface area contributed by atoms with E-state index in [4.69, 9.17) is 5.53 Å². The van der Waals surface area contributed by atoms with E-state index in [9.17, 15) is 9.18 Å². The van der Waals surface area contributed by atoms with Crippen LogP contribution in [0.25, 0.3) is 11.6 Å². The molecule has 0 atom stereocenters. The first-order chi connectivity index (χ1) is 7.69. The first-order valence-corrected chi connectivity index (χ1v) is 4.42. The highest BCUT2D eigenvalue weighted by molar-refractivity contribution is 6.39. The van der Waals surface area contributed by atoms with Gasteiger partial charge >= 0.3 is 11.7 Å². The van der Waals surface area contributed by atoms with Crippen LogP contribution >= 0.6 is 0 Å². The van der Waals surface area contributed by atoms with Crippen LogP contribution in [0, 0.1) is 5.82 Å². The summed E-state index contributed by atoms with van der Waals surface area (Å²) in [6, 6.07) is 6.01. The fraction of sp³-hybridized carbons (Fsp3) is 0.0909. The summed E-state index contributed by atoms with van der Waals surface area (Å²) in [5, 5.41) is 0. The smallest absolute Gasteiger partial charge is 0.421 e. The number of esters is 1. The summed E-state index contributed by atoms with van der Waals surface area (Å²) in [4.78, 5) is 13.7. The molecule has 0 unspecified atom stereocenters. The minimum Gasteiger partial charge on any atom is -0.460 e. The van der Waals surface area contributed by atoms with Gasteiger partial charge < -0.3 is 10.3 Å². The van der Waals surface area contributed by atoms with Crippen LogP contribution in [-0.4, -0.2) is 23.6 Å². The average Bonchev–Trinajstić information content (AvgIpc) is 2.31. The lowest BCUT2D eigenvalue weighted by Crippen LogP contribution is -2.13. The van der Waals surface area contributed by atoms with Gasteiger partial charge in [0.15, 0.2) is 0 Å². The van der Waals surface area contributed by atoms with Crippen molar-refractivity contribution in [2.24, 2.45) is 0 Å². The van der Waals surface area contributed by atoms with E-state index in [2.05, 4.69) is 9.53 Å². The van der Waals surface area contributed by atoms with E-state index in [1.807, 2.05) is 0 Å². The normalized spacial score (nSPS) is 9.88. The molecular weight excluding hydrogens is 211 g/mol. The fourth-order valence-electron chi connectivity index (χ4n) is 1.03. The molecule has 1 aromatic rings. The molecule has 0 saturated carbocycles. The Kier molecular flexibility index (Phi) is 4.12. The molecule has 0 aliphatic carbocycles. The number of ether oxygens (including phenoxy) is 1. The summed E-state index contributed by atoms with van der Waals surface area (Å²) in [6.07, 6.45) is 2.49. The molecule has 0 heterocycles. The zero-order valence-corrected chi connectivity index (χ0v) is 8.55. The van der Waals surface area contributed by atoms with Crippen molar-refractivity contribution < 1.29 is 18.7 Å². The maximum Gasteiger partial charge on any atom is 0.421 e. The summed E-state index contributed by atoms with van der Waals surface area (Å²) in [6.45, 7) is 0. The van der Waals surface area contributed by atoms with Crippen LogP contribution in [0.5, 0.6) is 0 Å². The van der Waals surface area contributed by atoms with Crippen LogP contribution in [0.4, 0.5) is 4.39 Å². The first-order valence-electron chi connectivity index (χ1n) is 4.42. The van der Waals surface area contributed by atoms with E-state index >= 15 is 0 Å². The molecule has 0 fully saturated rings. The molecule has 5 heteroatoms. The number of rotatable bonds is 3. The molecule has 16 heavy (non-hydrogen) atoms. The topological polar surface area (TPSA) is 62.7 Å². The number of methoxy groups -OCH3 is 1. The maximum absolute atomic E-state index is 13.2. The molecule has 82 valence electrons. The van der Waals surface area contributed by atoms with E-state index < -0.39 is 11.8 Å². The van der Waals surface area contributed by atoms with E-state index in [1.54, 1.807) is 12.1 Å². The molecule has 0 aliphatic rings. The van der Waals surface area contributed by atoms with Crippen LogP contribution in [0.1, 0.15) is 5.56 Å². The Bertz CT molecular complexity index is 477. The van der Waals surface area contributed by atoms with Crippen molar-refractivity contribution in [3.8, 4) is 0 Å². The third-order valence-electron chi connectivity index (χ3n) is 1.83. The van der Waals surface area contributed by atoms with Gasteiger partial charge in [-0.1, -0.05) is 18.2 Å². The minimum absolute atomic E-state index is 0.285. The predicted molar refractivity (Wildman–Crippen MR) is 56.1 cm³/mol. The fourth-order valence-corrected chi connectivity index (χ4v) is 1.03. The highest BCUT2D eigenvalue weighted by atomic mass is 19.1. The highest BCUT2D eigenvalue weighted by Gasteiger charge is 2.16. The number of carbonyl (C=O) groups is 1. The quantitative estimate of drug-likeness (QED) is 0.336. The molecule has 1 aromatic carbocycles. The molecule has 0 spiro atoms.